The van der Waals surface area contributed by atoms with Crippen LogP contribution in [-0.4, -0.2) is 16.1 Å². The van der Waals surface area contributed by atoms with Crippen LogP contribution >= 0.6 is 0 Å². The molecule has 0 fully saturated rings. The average Bonchev–Trinajstić information content (AvgIpc) is 2.92. The first-order chi connectivity index (χ1) is 9.35. The minimum atomic E-state index is 0.410. The molecule has 0 saturated carbocycles. The summed E-state index contributed by atoms with van der Waals surface area (Å²) in [6, 6.07) is 11.1. The monoisotopic (exact) mass is 257 g/mol. The van der Waals surface area contributed by atoms with Crippen molar-refractivity contribution < 1.29 is 0 Å². The first-order valence-electron chi connectivity index (χ1n) is 7.13. The molecule has 0 radical (unpaired) electrons. The highest BCUT2D eigenvalue weighted by Crippen LogP contribution is 2.18. The molecule has 0 aliphatic carbocycles. The molecule has 0 aliphatic heterocycles. The van der Waals surface area contributed by atoms with Gasteiger partial charge in [0.1, 0.15) is 5.82 Å². The lowest BCUT2D eigenvalue weighted by atomic mass is 10.0. The minimum Gasteiger partial charge on any atom is -0.335 e. The van der Waals surface area contributed by atoms with Gasteiger partial charge in [0.15, 0.2) is 0 Å². The van der Waals surface area contributed by atoms with Gasteiger partial charge in [0.05, 0.1) is 0 Å². The van der Waals surface area contributed by atoms with Crippen molar-refractivity contribution in [3.63, 3.8) is 0 Å². The maximum Gasteiger partial charge on any atom is 0.108 e. The summed E-state index contributed by atoms with van der Waals surface area (Å²) in [4.78, 5) is 4.45. The molecule has 0 bridgehead atoms. The molecule has 0 aliphatic rings. The van der Waals surface area contributed by atoms with E-state index in [0.29, 0.717) is 6.04 Å². The van der Waals surface area contributed by atoms with Crippen LogP contribution in [0, 0.1) is 0 Å². The summed E-state index contributed by atoms with van der Waals surface area (Å²) in [6.45, 7) is 6.29. The van der Waals surface area contributed by atoms with Crippen molar-refractivity contribution in [2.45, 2.75) is 39.3 Å². The fourth-order valence-corrected chi connectivity index (χ4v) is 2.45. The van der Waals surface area contributed by atoms with Crippen LogP contribution in [-0.2, 0) is 13.0 Å². The van der Waals surface area contributed by atoms with Gasteiger partial charge in [-0.3, -0.25) is 0 Å². The molecule has 2 rings (SSSR count). The summed E-state index contributed by atoms with van der Waals surface area (Å²) in [5, 5.41) is 3.56. The molecule has 1 heterocycles. The maximum absolute atomic E-state index is 4.45. The topological polar surface area (TPSA) is 29.9 Å². The number of rotatable bonds is 7. The normalized spacial score (nSPS) is 12.5. The van der Waals surface area contributed by atoms with Crippen LogP contribution in [0.5, 0.6) is 0 Å². The zero-order chi connectivity index (χ0) is 13.5. The molecule has 1 unspecified atom stereocenters. The Bertz CT molecular complexity index is 476. The number of hydrogen-bond acceptors (Lipinski definition) is 2. The summed E-state index contributed by atoms with van der Waals surface area (Å²) < 4.78 is 2.22. The lowest BCUT2D eigenvalue weighted by molar-refractivity contribution is 0.502. The fraction of sp³-hybridized carbons (Fsp3) is 0.438. The van der Waals surface area contributed by atoms with Crippen LogP contribution in [0.2, 0.25) is 0 Å². The van der Waals surface area contributed by atoms with Gasteiger partial charge >= 0.3 is 0 Å². The molecule has 102 valence electrons. The van der Waals surface area contributed by atoms with Gasteiger partial charge in [0.25, 0.3) is 0 Å². The van der Waals surface area contributed by atoms with Gasteiger partial charge in [0.2, 0.25) is 0 Å². The molecule has 1 aromatic carbocycles. The summed E-state index contributed by atoms with van der Waals surface area (Å²) in [6.07, 6.45) is 6.03. The molecule has 2 aromatic rings. The minimum absolute atomic E-state index is 0.410. The standard InChI is InChI=1S/C16H23N3/c1-3-17-15(14-8-6-5-7-9-14)10-11-16-18-12-13-19(16)4-2/h5-9,12-13,15,17H,3-4,10-11H2,1-2H3. The third kappa shape index (κ3) is 3.67. The summed E-state index contributed by atoms with van der Waals surface area (Å²) >= 11 is 0. The van der Waals surface area contributed by atoms with Crippen molar-refractivity contribution >= 4 is 0 Å². The second kappa shape index (κ2) is 7.10. The highest BCUT2D eigenvalue weighted by atomic mass is 15.1. The number of hydrogen-bond donors (Lipinski definition) is 1. The van der Waals surface area contributed by atoms with Gasteiger partial charge < -0.3 is 9.88 Å². The van der Waals surface area contributed by atoms with Crippen LogP contribution < -0.4 is 5.32 Å². The summed E-state index contributed by atoms with van der Waals surface area (Å²) in [5.74, 6) is 1.18. The Kier molecular flexibility index (Phi) is 5.16. The van der Waals surface area contributed by atoms with E-state index in [0.717, 1.165) is 25.9 Å². The van der Waals surface area contributed by atoms with Gasteiger partial charge in [-0.15, -0.1) is 0 Å². The Hall–Kier alpha value is -1.61. The zero-order valence-electron chi connectivity index (χ0n) is 11.8. The molecule has 1 aromatic heterocycles. The Morgan fingerprint density at radius 1 is 1.21 bits per heavy atom. The van der Waals surface area contributed by atoms with Crippen LogP contribution in [0.25, 0.3) is 0 Å². The number of aryl methyl sites for hydroxylation is 2. The third-order valence-corrected chi connectivity index (χ3v) is 3.45. The van der Waals surface area contributed by atoms with Crippen molar-refractivity contribution in [2.24, 2.45) is 0 Å². The Balaban J connectivity index is 2.02. The molecule has 19 heavy (non-hydrogen) atoms. The predicted molar refractivity (Wildman–Crippen MR) is 79.1 cm³/mol. The number of nitrogens with one attached hydrogen (secondary N) is 1. The molecular formula is C16H23N3. The third-order valence-electron chi connectivity index (χ3n) is 3.45. The molecule has 3 nitrogen and oxygen atoms in total. The van der Waals surface area contributed by atoms with Gasteiger partial charge in [-0.1, -0.05) is 37.3 Å². The molecule has 0 amide bonds. The quantitative estimate of drug-likeness (QED) is 0.825. The fourth-order valence-electron chi connectivity index (χ4n) is 2.45. The molecule has 1 atom stereocenters. The highest BCUT2D eigenvalue weighted by Gasteiger charge is 2.11. The van der Waals surface area contributed by atoms with E-state index in [1.54, 1.807) is 0 Å². The molecule has 0 spiro atoms. The largest absolute Gasteiger partial charge is 0.335 e. The average molecular weight is 257 g/mol. The van der Waals surface area contributed by atoms with Crippen LogP contribution in [0.15, 0.2) is 42.7 Å². The number of aromatic nitrogens is 2. The van der Waals surface area contributed by atoms with E-state index < -0.39 is 0 Å². The van der Waals surface area contributed by atoms with E-state index in [4.69, 9.17) is 0 Å². The van der Waals surface area contributed by atoms with Crippen LogP contribution in [0.4, 0.5) is 0 Å². The Morgan fingerprint density at radius 2 is 2.00 bits per heavy atom. The molecule has 3 heteroatoms. The van der Waals surface area contributed by atoms with Crippen LogP contribution in [0.3, 0.4) is 0 Å². The van der Waals surface area contributed by atoms with Gasteiger partial charge in [0, 0.05) is 31.4 Å². The van der Waals surface area contributed by atoms with E-state index in [-0.39, 0.29) is 0 Å². The molecule has 0 saturated heterocycles. The zero-order valence-corrected chi connectivity index (χ0v) is 11.8. The van der Waals surface area contributed by atoms with Gasteiger partial charge in [-0.2, -0.15) is 0 Å². The molecular weight excluding hydrogens is 234 g/mol. The predicted octanol–water partition coefficient (Wildman–Crippen LogP) is 3.19. The van der Waals surface area contributed by atoms with E-state index >= 15 is 0 Å². The second-order valence-corrected chi connectivity index (χ2v) is 4.69. The van der Waals surface area contributed by atoms with Gasteiger partial charge in [-0.05, 0) is 25.5 Å². The number of imidazole rings is 1. The molecule has 1 N–H and O–H groups in total. The van der Waals surface area contributed by atoms with Crippen molar-refractivity contribution in [2.75, 3.05) is 6.54 Å². The smallest absolute Gasteiger partial charge is 0.108 e. The van der Waals surface area contributed by atoms with Crippen molar-refractivity contribution in [1.29, 1.82) is 0 Å². The second-order valence-electron chi connectivity index (χ2n) is 4.69. The van der Waals surface area contributed by atoms with E-state index in [2.05, 4.69) is 65.2 Å². The van der Waals surface area contributed by atoms with Gasteiger partial charge in [-0.25, -0.2) is 4.98 Å². The summed E-state index contributed by atoms with van der Waals surface area (Å²) in [7, 11) is 0. The highest BCUT2D eigenvalue weighted by molar-refractivity contribution is 5.19. The number of benzene rings is 1. The van der Waals surface area contributed by atoms with E-state index in [9.17, 15) is 0 Å². The van der Waals surface area contributed by atoms with Crippen molar-refractivity contribution in [3.8, 4) is 0 Å². The number of nitrogens with zero attached hydrogens (tertiary/aromatic N) is 2. The first kappa shape index (κ1) is 13.8. The van der Waals surface area contributed by atoms with Crippen molar-refractivity contribution in [3.05, 3.63) is 54.1 Å². The Labute approximate surface area is 115 Å². The lowest BCUT2D eigenvalue weighted by Crippen LogP contribution is -2.22. The lowest BCUT2D eigenvalue weighted by Gasteiger charge is -2.18. The SMILES string of the molecule is CCNC(CCc1nccn1CC)c1ccccc1. The Morgan fingerprint density at radius 3 is 2.68 bits per heavy atom. The van der Waals surface area contributed by atoms with Crippen LogP contribution in [0.1, 0.15) is 37.7 Å². The maximum atomic E-state index is 4.45. The first-order valence-corrected chi connectivity index (χ1v) is 7.13. The summed E-state index contributed by atoms with van der Waals surface area (Å²) in [5.41, 5.74) is 1.36. The van der Waals surface area contributed by atoms with E-state index in [1.165, 1.54) is 11.4 Å². The van der Waals surface area contributed by atoms with Crippen molar-refractivity contribution in [1.82, 2.24) is 14.9 Å². The van der Waals surface area contributed by atoms with E-state index in [1.807, 2.05) is 6.20 Å².